The van der Waals surface area contributed by atoms with Crippen LogP contribution in [0.15, 0.2) is 42.5 Å². The summed E-state index contributed by atoms with van der Waals surface area (Å²) in [6.45, 7) is 0.189. The summed E-state index contributed by atoms with van der Waals surface area (Å²) >= 11 is 0. The molecule has 0 saturated carbocycles. The summed E-state index contributed by atoms with van der Waals surface area (Å²) in [4.78, 5) is 37.2. The predicted molar refractivity (Wildman–Crippen MR) is 98.8 cm³/mol. The van der Waals surface area contributed by atoms with Gasteiger partial charge in [-0.1, -0.05) is 12.1 Å². The number of benzene rings is 2. The Morgan fingerprint density at radius 3 is 2.59 bits per heavy atom. The molecule has 8 heteroatoms. The van der Waals surface area contributed by atoms with Crippen LogP contribution in [0, 0.1) is 0 Å². The molecule has 0 spiro atoms. The van der Waals surface area contributed by atoms with Crippen molar-refractivity contribution < 1.29 is 23.9 Å². The van der Waals surface area contributed by atoms with E-state index in [1.807, 2.05) is 0 Å². The molecule has 2 N–H and O–H groups in total. The van der Waals surface area contributed by atoms with Crippen LogP contribution in [0.25, 0.3) is 0 Å². The van der Waals surface area contributed by atoms with Crippen molar-refractivity contribution in [2.75, 3.05) is 31.0 Å². The fourth-order valence-corrected chi connectivity index (χ4v) is 2.54. The van der Waals surface area contributed by atoms with E-state index in [0.29, 0.717) is 22.9 Å². The van der Waals surface area contributed by atoms with Crippen molar-refractivity contribution in [3.8, 4) is 11.5 Å². The monoisotopic (exact) mass is 369 g/mol. The highest BCUT2D eigenvalue weighted by Gasteiger charge is 2.23. The molecule has 0 atom stereocenters. The van der Waals surface area contributed by atoms with E-state index in [1.54, 1.807) is 56.6 Å². The van der Waals surface area contributed by atoms with Crippen LogP contribution in [0.2, 0.25) is 0 Å². The molecule has 3 amide bonds. The molecule has 2 aromatic rings. The summed E-state index contributed by atoms with van der Waals surface area (Å²) in [5.74, 6) is -0.497. The number of nitrogens with one attached hydrogen (secondary N) is 2. The van der Waals surface area contributed by atoms with E-state index < -0.39 is 11.8 Å². The van der Waals surface area contributed by atoms with Crippen LogP contribution in [0.5, 0.6) is 11.5 Å². The van der Waals surface area contributed by atoms with Crippen LogP contribution in [-0.4, -0.2) is 38.5 Å². The van der Waals surface area contributed by atoms with Gasteiger partial charge in [0.25, 0.3) is 5.91 Å². The lowest BCUT2D eigenvalue weighted by molar-refractivity contribution is -0.136. The summed E-state index contributed by atoms with van der Waals surface area (Å²) in [5.41, 5.74) is 1.76. The van der Waals surface area contributed by atoms with E-state index in [4.69, 9.17) is 9.47 Å². The maximum Gasteiger partial charge on any atom is 0.313 e. The summed E-state index contributed by atoms with van der Waals surface area (Å²) in [7, 11) is 3.19. The lowest BCUT2D eigenvalue weighted by Gasteiger charge is -2.26. The van der Waals surface area contributed by atoms with E-state index in [0.717, 1.165) is 5.56 Å². The van der Waals surface area contributed by atoms with Crippen LogP contribution in [0.1, 0.15) is 5.56 Å². The smallest absolute Gasteiger partial charge is 0.313 e. The van der Waals surface area contributed by atoms with Crippen LogP contribution < -0.4 is 25.0 Å². The molecule has 0 fully saturated rings. The molecule has 0 unspecified atom stereocenters. The highest BCUT2D eigenvalue weighted by atomic mass is 16.5. The number of hydrogen-bond acceptors (Lipinski definition) is 5. The second kappa shape index (κ2) is 7.77. The Balaban J connectivity index is 1.59. The van der Waals surface area contributed by atoms with Gasteiger partial charge in [0.1, 0.15) is 11.5 Å². The number of amides is 3. The van der Waals surface area contributed by atoms with Gasteiger partial charge >= 0.3 is 11.8 Å². The lowest BCUT2D eigenvalue weighted by atomic mass is 10.2. The Kier molecular flexibility index (Phi) is 5.25. The zero-order valence-electron chi connectivity index (χ0n) is 14.9. The summed E-state index contributed by atoms with van der Waals surface area (Å²) in [6.07, 6.45) is 0. The molecule has 8 nitrogen and oxygen atoms in total. The van der Waals surface area contributed by atoms with Crippen molar-refractivity contribution in [1.29, 1.82) is 0 Å². The van der Waals surface area contributed by atoms with Gasteiger partial charge in [0, 0.05) is 19.3 Å². The average molecular weight is 369 g/mol. The normalized spacial score (nSPS) is 12.7. The minimum Gasteiger partial charge on any atom is -0.497 e. The minimum absolute atomic E-state index is 0.0248. The Morgan fingerprint density at radius 2 is 1.89 bits per heavy atom. The number of nitrogens with zero attached hydrogens (tertiary/aromatic N) is 1. The maximum atomic E-state index is 12.1. The van der Waals surface area contributed by atoms with Crippen molar-refractivity contribution in [2.45, 2.75) is 6.54 Å². The summed E-state index contributed by atoms with van der Waals surface area (Å²) in [5, 5.41) is 5.07. The second-order valence-corrected chi connectivity index (χ2v) is 5.91. The number of fused-ring (bicyclic) bond motifs is 1. The number of likely N-dealkylation sites (N-methyl/N-ethyl adjacent to an activating group) is 1. The zero-order valence-corrected chi connectivity index (χ0v) is 14.9. The number of hydrogen-bond donors (Lipinski definition) is 2. The summed E-state index contributed by atoms with van der Waals surface area (Å²) in [6, 6.07) is 12.0. The first-order valence-corrected chi connectivity index (χ1v) is 8.23. The molecule has 27 heavy (non-hydrogen) atoms. The Labute approximate surface area is 156 Å². The van der Waals surface area contributed by atoms with E-state index in [2.05, 4.69) is 10.6 Å². The van der Waals surface area contributed by atoms with Gasteiger partial charge in [-0.05, 0) is 35.9 Å². The molecule has 2 aromatic carbocycles. The fraction of sp³-hybridized carbons (Fsp3) is 0.211. The van der Waals surface area contributed by atoms with Gasteiger partial charge in [-0.3, -0.25) is 14.4 Å². The van der Waals surface area contributed by atoms with Crippen molar-refractivity contribution in [3.05, 3.63) is 48.0 Å². The highest BCUT2D eigenvalue weighted by molar-refractivity contribution is 6.39. The molecule has 140 valence electrons. The third-order valence-electron chi connectivity index (χ3n) is 4.12. The quantitative estimate of drug-likeness (QED) is 0.792. The standard InChI is InChI=1S/C19H19N3O5/c1-22-15-9-13(5-8-16(15)27-11-17(22)23)21-19(25)18(24)20-10-12-3-6-14(26-2)7-4-12/h3-9H,10-11H2,1-2H3,(H,20,24)(H,21,25). The molecular weight excluding hydrogens is 350 g/mol. The third kappa shape index (κ3) is 4.17. The van der Waals surface area contributed by atoms with Crippen molar-refractivity contribution in [2.24, 2.45) is 0 Å². The number of rotatable bonds is 4. The van der Waals surface area contributed by atoms with Gasteiger partial charge in [0.05, 0.1) is 12.8 Å². The Hall–Kier alpha value is -3.55. The Morgan fingerprint density at radius 1 is 1.15 bits per heavy atom. The molecule has 0 aliphatic carbocycles. The van der Waals surface area contributed by atoms with E-state index in [-0.39, 0.29) is 19.1 Å². The first-order chi connectivity index (χ1) is 13.0. The van der Waals surface area contributed by atoms with Crippen LogP contribution in [-0.2, 0) is 20.9 Å². The molecule has 1 heterocycles. The highest BCUT2D eigenvalue weighted by Crippen LogP contribution is 2.33. The molecule has 3 rings (SSSR count). The first-order valence-electron chi connectivity index (χ1n) is 8.23. The molecule has 1 aliphatic rings. The minimum atomic E-state index is -0.797. The fourth-order valence-electron chi connectivity index (χ4n) is 2.54. The zero-order chi connectivity index (χ0) is 19.4. The van der Waals surface area contributed by atoms with Crippen molar-refractivity contribution in [1.82, 2.24) is 5.32 Å². The molecule has 0 bridgehead atoms. The van der Waals surface area contributed by atoms with Crippen LogP contribution in [0.3, 0.4) is 0 Å². The van der Waals surface area contributed by atoms with Crippen molar-refractivity contribution in [3.63, 3.8) is 0 Å². The average Bonchev–Trinajstić information content (AvgIpc) is 2.69. The number of anilines is 2. The predicted octanol–water partition coefficient (Wildman–Crippen LogP) is 1.31. The first kappa shape index (κ1) is 18.2. The molecular formula is C19H19N3O5. The van der Waals surface area contributed by atoms with Gasteiger partial charge in [-0.25, -0.2) is 0 Å². The number of carbonyl (C=O) groups is 3. The topological polar surface area (TPSA) is 97.0 Å². The van der Waals surface area contributed by atoms with E-state index >= 15 is 0 Å². The van der Waals surface area contributed by atoms with E-state index in [9.17, 15) is 14.4 Å². The van der Waals surface area contributed by atoms with Gasteiger partial charge in [-0.15, -0.1) is 0 Å². The van der Waals surface area contributed by atoms with Gasteiger partial charge < -0.3 is 25.0 Å². The molecule has 0 aromatic heterocycles. The van der Waals surface area contributed by atoms with Gasteiger partial charge in [0.2, 0.25) is 0 Å². The molecule has 0 saturated heterocycles. The number of carbonyl (C=O) groups excluding carboxylic acids is 3. The third-order valence-corrected chi connectivity index (χ3v) is 4.12. The SMILES string of the molecule is COc1ccc(CNC(=O)C(=O)Nc2ccc3c(c2)N(C)C(=O)CO3)cc1. The molecule has 1 aliphatic heterocycles. The second-order valence-electron chi connectivity index (χ2n) is 5.91. The maximum absolute atomic E-state index is 12.1. The van der Waals surface area contributed by atoms with E-state index in [1.165, 1.54) is 4.90 Å². The van der Waals surface area contributed by atoms with Gasteiger partial charge in [-0.2, -0.15) is 0 Å². The van der Waals surface area contributed by atoms with Gasteiger partial charge in [0.15, 0.2) is 6.61 Å². The number of ether oxygens (including phenoxy) is 2. The van der Waals surface area contributed by atoms with Crippen LogP contribution in [0.4, 0.5) is 11.4 Å². The van der Waals surface area contributed by atoms with Crippen molar-refractivity contribution >= 4 is 29.1 Å². The Bertz CT molecular complexity index is 879. The molecule has 0 radical (unpaired) electrons. The largest absolute Gasteiger partial charge is 0.497 e. The summed E-state index contributed by atoms with van der Waals surface area (Å²) < 4.78 is 10.4. The lowest BCUT2D eigenvalue weighted by Crippen LogP contribution is -2.36. The number of methoxy groups -OCH3 is 1. The van der Waals surface area contributed by atoms with Crippen LogP contribution >= 0.6 is 0 Å².